The molecule has 0 saturated heterocycles. The lowest BCUT2D eigenvalue weighted by atomic mass is 9.89. The van der Waals surface area contributed by atoms with E-state index in [0.29, 0.717) is 6.54 Å². The molecule has 0 aromatic heterocycles. The summed E-state index contributed by atoms with van der Waals surface area (Å²) in [6, 6.07) is 15.9. The van der Waals surface area contributed by atoms with Crippen LogP contribution in [0.25, 0.3) is 0 Å². The average Bonchev–Trinajstić information content (AvgIpc) is 2.95. The van der Waals surface area contributed by atoms with Gasteiger partial charge in [0.05, 0.1) is 0 Å². The molecule has 136 valence electrons. The second kappa shape index (κ2) is 6.94. The highest BCUT2D eigenvalue weighted by Gasteiger charge is 2.43. The van der Waals surface area contributed by atoms with Crippen molar-refractivity contribution < 1.29 is 9.59 Å². The Kier molecular flexibility index (Phi) is 4.86. The maximum Gasteiger partial charge on any atom is 0.242 e. The van der Waals surface area contributed by atoms with Gasteiger partial charge in [-0.15, -0.1) is 0 Å². The third-order valence-electron chi connectivity index (χ3n) is 5.23. The largest absolute Gasteiger partial charge is 0.351 e. The summed E-state index contributed by atoms with van der Waals surface area (Å²) in [4.78, 5) is 27.8. The number of carbonyl (C=O) groups is 2. The van der Waals surface area contributed by atoms with E-state index in [1.54, 1.807) is 18.7 Å². The van der Waals surface area contributed by atoms with Gasteiger partial charge in [0.2, 0.25) is 11.8 Å². The third-order valence-corrected chi connectivity index (χ3v) is 5.23. The van der Waals surface area contributed by atoms with Crippen LogP contribution in [0.2, 0.25) is 0 Å². The van der Waals surface area contributed by atoms with E-state index in [9.17, 15) is 9.59 Å². The van der Waals surface area contributed by atoms with Crippen LogP contribution in [0.1, 0.15) is 37.5 Å². The van der Waals surface area contributed by atoms with Gasteiger partial charge in [0, 0.05) is 18.3 Å². The summed E-state index contributed by atoms with van der Waals surface area (Å²) >= 11 is 0. The van der Waals surface area contributed by atoms with E-state index in [-0.39, 0.29) is 17.9 Å². The van der Waals surface area contributed by atoms with Gasteiger partial charge in [-0.05, 0) is 56.9 Å². The first-order valence-electron chi connectivity index (χ1n) is 9.06. The predicted octanol–water partition coefficient (Wildman–Crippen LogP) is 3.62. The van der Waals surface area contributed by atoms with Gasteiger partial charge in [-0.2, -0.15) is 0 Å². The average molecular weight is 350 g/mol. The maximum absolute atomic E-state index is 13.2. The topological polar surface area (TPSA) is 49.4 Å². The minimum Gasteiger partial charge on any atom is -0.351 e. The summed E-state index contributed by atoms with van der Waals surface area (Å²) < 4.78 is 0. The number of rotatable bonds is 4. The van der Waals surface area contributed by atoms with Crippen molar-refractivity contribution in [2.45, 2.75) is 46.7 Å². The highest BCUT2D eigenvalue weighted by molar-refractivity contribution is 6.12. The second-order valence-corrected chi connectivity index (χ2v) is 7.59. The molecule has 1 atom stereocenters. The number of aryl methyl sites for hydroxylation is 1. The number of fused-ring (bicyclic) bond motifs is 1. The number of hydrogen-bond donors (Lipinski definition) is 1. The molecule has 0 spiro atoms. The number of carbonyl (C=O) groups excluding carboxylic acids is 2. The molecular formula is C22H26N2O2. The van der Waals surface area contributed by atoms with Crippen molar-refractivity contribution in [3.05, 3.63) is 65.2 Å². The second-order valence-electron chi connectivity index (χ2n) is 7.59. The van der Waals surface area contributed by atoms with Crippen LogP contribution in [0.3, 0.4) is 0 Å². The SMILES string of the molecule is Cc1ccccc1CNC(=O)C(C)(C)C(=O)N1c2ccccc2CC1C. The van der Waals surface area contributed by atoms with E-state index in [0.717, 1.165) is 28.8 Å². The lowest BCUT2D eigenvalue weighted by molar-refractivity contribution is -0.140. The predicted molar refractivity (Wildman–Crippen MR) is 104 cm³/mol. The zero-order chi connectivity index (χ0) is 18.9. The fraction of sp³-hybridized carbons (Fsp3) is 0.364. The number of benzene rings is 2. The van der Waals surface area contributed by atoms with Gasteiger partial charge in [-0.1, -0.05) is 42.5 Å². The molecule has 1 heterocycles. The smallest absolute Gasteiger partial charge is 0.242 e. The van der Waals surface area contributed by atoms with E-state index in [2.05, 4.69) is 5.32 Å². The standard InChI is InChI=1S/C22H26N2O2/c1-15-9-5-6-11-18(15)14-23-20(25)22(3,4)21(26)24-16(2)13-17-10-7-8-12-19(17)24/h5-12,16H,13-14H2,1-4H3,(H,23,25). The normalized spacial score (nSPS) is 16.3. The van der Waals surface area contributed by atoms with E-state index >= 15 is 0 Å². The van der Waals surface area contributed by atoms with Crippen LogP contribution in [0, 0.1) is 12.3 Å². The van der Waals surface area contributed by atoms with Crippen molar-refractivity contribution in [1.29, 1.82) is 0 Å². The molecule has 1 aliphatic rings. The highest BCUT2D eigenvalue weighted by Crippen LogP contribution is 2.35. The number of hydrogen-bond acceptors (Lipinski definition) is 2. The van der Waals surface area contributed by atoms with Gasteiger partial charge >= 0.3 is 0 Å². The zero-order valence-electron chi connectivity index (χ0n) is 15.9. The minimum atomic E-state index is -1.13. The molecule has 26 heavy (non-hydrogen) atoms. The van der Waals surface area contributed by atoms with Gasteiger partial charge in [0.25, 0.3) is 0 Å². The van der Waals surface area contributed by atoms with Crippen LogP contribution in [0.15, 0.2) is 48.5 Å². The van der Waals surface area contributed by atoms with Crippen molar-refractivity contribution in [2.24, 2.45) is 5.41 Å². The Morgan fingerprint density at radius 1 is 1.12 bits per heavy atom. The van der Waals surface area contributed by atoms with E-state index < -0.39 is 5.41 Å². The molecule has 0 saturated carbocycles. The first-order chi connectivity index (χ1) is 12.3. The Hall–Kier alpha value is -2.62. The van der Waals surface area contributed by atoms with Crippen LogP contribution < -0.4 is 10.2 Å². The molecule has 2 aromatic carbocycles. The van der Waals surface area contributed by atoms with Crippen molar-refractivity contribution >= 4 is 17.5 Å². The van der Waals surface area contributed by atoms with Gasteiger partial charge < -0.3 is 10.2 Å². The molecule has 1 N–H and O–H groups in total. The molecule has 0 bridgehead atoms. The molecule has 0 fully saturated rings. The summed E-state index contributed by atoms with van der Waals surface area (Å²) in [6.45, 7) is 7.88. The van der Waals surface area contributed by atoms with Crippen molar-refractivity contribution in [3.63, 3.8) is 0 Å². The maximum atomic E-state index is 13.2. The van der Waals surface area contributed by atoms with Gasteiger partial charge in [0.15, 0.2) is 0 Å². The summed E-state index contributed by atoms with van der Waals surface area (Å²) in [5.41, 5.74) is 3.13. The molecule has 2 aromatic rings. The Bertz CT molecular complexity index is 842. The molecule has 4 heteroatoms. The van der Waals surface area contributed by atoms with Crippen molar-refractivity contribution in [2.75, 3.05) is 4.90 Å². The van der Waals surface area contributed by atoms with Crippen LogP contribution in [-0.4, -0.2) is 17.9 Å². The molecule has 0 radical (unpaired) electrons. The van der Waals surface area contributed by atoms with Crippen LogP contribution in [0.4, 0.5) is 5.69 Å². The fourth-order valence-corrected chi connectivity index (χ4v) is 3.48. The molecule has 2 amide bonds. The first-order valence-corrected chi connectivity index (χ1v) is 9.06. The monoisotopic (exact) mass is 350 g/mol. The van der Waals surface area contributed by atoms with Crippen LogP contribution in [0.5, 0.6) is 0 Å². The fourth-order valence-electron chi connectivity index (χ4n) is 3.48. The number of anilines is 1. The third kappa shape index (κ3) is 3.24. The molecule has 1 aliphatic heterocycles. The van der Waals surface area contributed by atoms with E-state index in [4.69, 9.17) is 0 Å². The van der Waals surface area contributed by atoms with Crippen molar-refractivity contribution in [1.82, 2.24) is 5.32 Å². The quantitative estimate of drug-likeness (QED) is 0.856. The van der Waals surface area contributed by atoms with Crippen molar-refractivity contribution in [3.8, 4) is 0 Å². The number of nitrogens with zero attached hydrogens (tertiary/aromatic N) is 1. The molecule has 3 rings (SSSR count). The molecule has 0 aliphatic carbocycles. The Morgan fingerprint density at radius 2 is 1.77 bits per heavy atom. The lowest BCUT2D eigenvalue weighted by Crippen LogP contribution is -2.51. The van der Waals surface area contributed by atoms with Crippen LogP contribution in [-0.2, 0) is 22.6 Å². The summed E-state index contributed by atoms with van der Waals surface area (Å²) in [5.74, 6) is -0.403. The van der Waals surface area contributed by atoms with E-state index in [1.807, 2.05) is 62.4 Å². The number of para-hydroxylation sites is 1. The number of nitrogens with one attached hydrogen (secondary N) is 1. The summed E-state index contributed by atoms with van der Waals surface area (Å²) in [6.07, 6.45) is 0.822. The van der Waals surface area contributed by atoms with E-state index in [1.165, 1.54) is 0 Å². The molecular weight excluding hydrogens is 324 g/mol. The molecule has 1 unspecified atom stereocenters. The zero-order valence-corrected chi connectivity index (χ0v) is 15.9. The Labute approximate surface area is 155 Å². The van der Waals surface area contributed by atoms with Crippen LogP contribution >= 0.6 is 0 Å². The lowest BCUT2D eigenvalue weighted by Gasteiger charge is -2.31. The summed E-state index contributed by atoms with van der Waals surface area (Å²) in [5, 5.41) is 2.94. The first kappa shape index (κ1) is 18.2. The summed E-state index contributed by atoms with van der Waals surface area (Å²) in [7, 11) is 0. The minimum absolute atomic E-state index is 0.0587. The van der Waals surface area contributed by atoms with Gasteiger partial charge in [-0.3, -0.25) is 9.59 Å². The van der Waals surface area contributed by atoms with Gasteiger partial charge in [0.1, 0.15) is 5.41 Å². The Morgan fingerprint density at radius 3 is 2.50 bits per heavy atom. The van der Waals surface area contributed by atoms with Gasteiger partial charge in [-0.25, -0.2) is 0 Å². The number of amides is 2. The highest BCUT2D eigenvalue weighted by atomic mass is 16.2. The Balaban J connectivity index is 1.76. The molecule has 4 nitrogen and oxygen atoms in total.